The summed E-state index contributed by atoms with van der Waals surface area (Å²) in [4.78, 5) is 15.6. The van der Waals surface area contributed by atoms with Crippen LogP contribution in [0.1, 0.15) is 18.4 Å². The maximum Gasteiger partial charge on any atom is 0.243 e. The van der Waals surface area contributed by atoms with Crippen LogP contribution in [0.2, 0.25) is 0 Å². The average molecular weight is 494 g/mol. The molecule has 35 heavy (non-hydrogen) atoms. The largest absolute Gasteiger partial charge is 0.379 e. The van der Waals surface area contributed by atoms with Crippen molar-refractivity contribution in [1.29, 1.82) is 0 Å². The number of hydrogen-bond donors (Lipinski definition) is 1. The fourth-order valence-electron chi connectivity index (χ4n) is 4.98. The molecule has 0 bridgehead atoms. The summed E-state index contributed by atoms with van der Waals surface area (Å²) in [5, 5.41) is 5.48. The molecule has 2 aliphatic heterocycles. The minimum Gasteiger partial charge on any atom is -0.379 e. The minimum atomic E-state index is -3.55. The van der Waals surface area contributed by atoms with Crippen LogP contribution >= 0.6 is 0 Å². The molecule has 3 aromatic rings. The number of amides is 1. The summed E-state index contributed by atoms with van der Waals surface area (Å²) in [6, 6.07) is 21.3. The SMILES string of the molecule is O=C(Nc1ccc(S(=O)(=O)N2CCOCC2)cc1)C1CCCN(Cc2cccc3ccccc23)C1. The first-order chi connectivity index (χ1) is 17.0. The van der Waals surface area contributed by atoms with Gasteiger partial charge in [0, 0.05) is 31.9 Å². The van der Waals surface area contributed by atoms with Crippen LogP contribution in [0.3, 0.4) is 0 Å². The van der Waals surface area contributed by atoms with Crippen LogP contribution in [0.4, 0.5) is 5.69 Å². The van der Waals surface area contributed by atoms with Gasteiger partial charge in [-0.1, -0.05) is 42.5 Å². The van der Waals surface area contributed by atoms with Crippen molar-refractivity contribution < 1.29 is 17.9 Å². The monoisotopic (exact) mass is 493 g/mol. The lowest BCUT2D eigenvalue weighted by Crippen LogP contribution is -2.40. The number of ether oxygens (including phenoxy) is 1. The second-order valence-corrected chi connectivity index (χ2v) is 11.2. The molecule has 1 N–H and O–H groups in total. The smallest absolute Gasteiger partial charge is 0.243 e. The lowest BCUT2D eigenvalue weighted by Gasteiger charge is -2.32. The predicted octanol–water partition coefficient (Wildman–Crippen LogP) is 3.71. The van der Waals surface area contributed by atoms with E-state index in [2.05, 4.69) is 52.7 Å². The lowest BCUT2D eigenvalue weighted by atomic mass is 9.96. The van der Waals surface area contributed by atoms with Crippen molar-refractivity contribution >= 4 is 32.4 Å². The highest BCUT2D eigenvalue weighted by atomic mass is 32.2. The summed E-state index contributed by atoms with van der Waals surface area (Å²) in [7, 11) is -3.55. The average Bonchev–Trinajstić information content (AvgIpc) is 2.90. The van der Waals surface area contributed by atoms with Crippen LogP contribution in [-0.4, -0.2) is 62.9 Å². The fraction of sp³-hybridized carbons (Fsp3) is 0.370. The molecule has 2 saturated heterocycles. The third-order valence-electron chi connectivity index (χ3n) is 6.88. The first-order valence-electron chi connectivity index (χ1n) is 12.2. The van der Waals surface area contributed by atoms with E-state index in [0.717, 1.165) is 25.9 Å². The van der Waals surface area contributed by atoms with Gasteiger partial charge in [-0.2, -0.15) is 4.31 Å². The highest BCUT2D eigenvalue weighted by Crippen LogP contribution is 2.25. The number of carbonyl (C=O) groups is 1. The van der Waals surface area contributed by atoms with Crippen molar-refractivity contribution in [3.8, 4) is 0 Å². The van der Waals surface area contributed by atoms with Crippen molar-refractivity contribution in [2.45, 2.75) is 24.3 Å². The quantitative estimate of drug-likeness (QED) is 0.566. The molecule has 0 aliphatic carbocycles. The van der Waals surface area contributed by atoms with E-state index >= 15 is 0 Å². The Balaban J connectivity index is 1.21. The molecular formula is C27H31N3O4S. The van der Waals surface area contributed by atoms with Gasteiger partial charge in [0.15, 0.2) is 0 Å². The Labute approximate surface area is 206 Å². The van der Waals surface area contributed by atoms with E-state index in [1.807, 2.05) is 0 Å². The topological polar surface area (TPSA) is 79.0 Å². The van der Waals surface area contributed by atoms with Gasteiger partial charge < -0.3 is 10.1 Å². The molecule has 1 atom stereocenters. The minimum absolute atomic E-state index is 0.0172. The zero-order valence-corrected chi connectivity index (χ0v) is 20.5. The number of sulfonamides is 1. The van der Waals surface area contributed by atoms with Crippen molar-refractivity contribution in [1.82, 2.24) is 9.21 Å². The van der Waals surface area contributed by atoms with E-state index < -0.39 is 10.0 Å². The van der Waals surface area contributed by atoms with Crippen molar-refractivity contribution in [2.75, 3.05) is 44.7 Å². The van der Waals surface area contributed by atoms with Gasteiger partial charge in [0.25, 0.3) is 0 Å². The number of nitrogens with zero attached hydrogens (tertiary/aromatic N) is 2. The van der Waals surface area contributed by atoms with Gasteiger partial charge in [0.2, 0.25) is 15.9 Å². The molecule has 1 amide bonds. The summed E-state index contributed by atoms with van der Waals surface area (Å²) in [5.41, 5.74) is 1.89. The van der Waals surface area contributed by atoms with Gasteiger partial charge in [0.1, 0.15) is 0 Å². The Bertz CT molecular complexity index is 1280. The first kappa shape index (κ1) is 23.9. The Morgan fingerprint density at radius 2 is 1.69 bits per heavy atom. The second kappa shape index (κ2) is 10.5. The number of fused-ring (bicyclic) bond motifs is 1. The number of hydrogen-bond acceptors (Lipinski definition) is 5. The number of rotatable bonds is 6. The summed E-state index contributed by atoms with van der Waals surface area (Å²) < 4.78 is 32.3. The van der Waals surface area contributed by atoms with E-state index in [1.165, 1.54) is 20.6 Å². The molecule has 0 aromatic heterocycles. The highest BCUT2D eigenvalue weighted by Gasteiger charge is 2.28. The number of piperidine rings is 1. The Kier molecular flexibility index (Phi) is 7.15. The molecule has 1 unspecified atom stereocenters. The van der Waals surface area contributed by atoms with Gasteiger partial charge in [-0.25, -0.2) is 8.42 Å². The van der Waals surface area contributed by atoms with E-state index in [1.54, 1.807) is 24.3 Å². The summed E-state index contributed by atoms with van der Waals surface area (Å²) >= 11 is 0. The third-order valence-corrected chi connectivity index (χ3v) is 8.79. The van der Waals surface area contributed by atoms with E-state index in [9.17, 15) is 13.2 Å². The zero-order valence-electron chi connectivity index (χ0n) is 19.7. The van der Waals surface area contributed by atoms with Gasteiger partial charge in [0.05, 0.1) is 24.0 Å². The molecule has 2 fully saturated rings. The highest BCUT2D eigenvalue weighted by molar-refractivity contribution is 7.89. The third kappa shape index (κ3) is 5.41. The molecule has 3 aromatic carbocycles. The maximum absolute atomic E-state index is 13.0. The fourth-order valence-corrected chi connectivity index (χ4v) is 6.38. The molecule has 0 saturated carbocycles. The molecule has 0 radical (unpaired) electrons. The molecule has 2 heterocycles. The standard InChI is InChI=1S/C27H31N3O4S/c31-27(28-24-10-12-25(13-11-24)35(32,33)30-15-17-34-18-16-30)23-8-4-14-29(20-23)19-22-7-3-6-21-5-1-2-9-26(21)22/h1-3,5-7,9-13,23H,4,8,14-20H2,(H,28,31). The Morgan fingerprint density at radius 1 is 0.943 bits per heavy atom. The van der Waals surface area contributed by atoms with Crippen molar-refractivity contribution in [2.24, 2.45) is 5.92 Å². The number of likely N-dealkylation sites (tertiary alicyclic amines) is 1. The molecule has 8 heteroatoms. The lowest BCUT2D eigenvalue weighted by molar-refractivity contribution is -0.121. The van der Waals surface area contributed by atoms with Crippen molar-refractivity contribution in [3.05, 3.63) is 72.3 Å². The van der Waals surface area contributed by atoms with Crippen LogP contribution < -0.4 is 5.32 Å². The Morgan fingerprint density at radius 3 is 2.49 bits per heavy atom. The molecule has 184 valence electrons. The maximum atomic E-state index is 13.0. The molecule has 7 nitrogen and oxygen atoms in total. The van der Waals surface area contributed by atoms with Gasteiger partial charge in [-0.15, -0.1) is 0 Å². The van der Waals surface area contributed by atoms with Gasteiger partial charge in [-0.3, -0.25) is 9.69 Å². The van der Waals surface area contributed by atoms with Crippen LogP contribution in [-0.2, 0) is 26.1 Å². The number of nitrogens with one attached hydrogen (secondary N) is 1. The molecule has 5 rings (SSSR count). The van der Waals surface area contributed by atoms with E-state index in [-0.39, 0.29) is 16.7 Å². The first-order valence-corrected chi connectivity index (χ1v) is 13.6. The van der Waals surface area contributed by atoms with Gasteiger partial charge in [-0.05, 0) is 60.0 Å². The molecule has 2 aliphatic rings. The molecule has 0 spiro atoms. The normalized spacial score (nSPS) is 20.1. The summed E-state index contributed by atoms with van der Waals surface area (Å²) in [6.07, 6.45) is 1.82. The van der Waals surface area contributed by atoms with Crippen LogP contribution in [0.25, 0.3) is 10.8 Å². The number of benzene rings is 3. The van der Waals surface area contributed by atoms with Gasteiger partial charge >= 0.3 is 0 Å². The van der Waals surface area contributed by atoms with Crippen molar-refractivity contribution in [3.63, 3.8) is 0 Å². The van der Waals surface area contributed by atoms with Crippen LogP contribution in [0, 0.1) is 5.92 Å². The predicted molar refractivity (Wildman–Crippen MR) is 137 cm³/mol. The van der Waals surface area contributed by atoms with E-state index in [0.29, 0.717) is 38.5 Å². The molecular weight excluding hydrogens is 462 g/mol. The van der Waals surface area contributed by atoms with Crippen LogP contribution in [0.5, 0.6) is 0 Å². The van der Waals surface area contributed by atoms with Crippen LogP contribution in [0.15, 0.2) is 71.6 Å². The zero-order chi connectivity index (χ0) is 24.3. The second-order valence-electron chi connectivity index (χ2n) is 9.24. The number of anilines is 1. The Hall–Kier alpha value is -2.78. The summed E-state index contributed by atoms with van der Waals surface area (Å²) in [6.45, 7) is 4.03. The summed E-state index contributed by atoms with van der Waals surface area (Å²) in [5.74, 6) is -0.119. The number of carbonyl (C=O) groups excluding carboxylic acids is 1. The van der Waals surface area contributed by atoms with E-state index in [4.69, 9.17) is 4.74 Å². The number of morpholine rings is 1.